The van der Waals surface area contributed by atoms with E-state index in [4.69, 9.17) is 11.6 Å². The van der Waals surface area contributed by atoms with Crippen LogP contribution in [0.5, 0.6) is 0 Å². The molecule has 0 aliphatic carbocycles. The summed E-state index contributed by atoms with van der Waals surface area (Å²) >= 11 is 7.27. The van der Waals surface area contributed by atoms with Gasteiger partial charge < -0.3 is 5.32 Å². The van der Waals surface area contributed by atoms with Gasteiger partial charge in [0.05, 0.1) is 9.23 Å². The van der Waals surface area contributed by atoms with Gasteiger partial charge in [0.2, 0.25) is 10.0 Å². The van der Waals surface area contributed by atoms with Crippen LogP contribution in [0.4, 0.5) is 0 Å². The lowest BCUT2D eigenvalue weighted by Crippen LogP contribution is -2.27. The fourth-order valence-electron chi connectivity index (χ4n) is 2.00. The Balaban J connectivity index is 2.28. The predicted octanol–water partition coefficient (Wildman–Crippen LogP) is 2.94. The summed E-state index contributed by atoms with van der Waals surface area (Å²) < 4.78 is 27.4. The van der Waals surface area contributed by atoms with Crippen LogP contribution >= 0.6 is 22.9 Å². The Bertz CT molecular complexity index is 713. The van der Waals surface area contributed by atoms with E-state index in [2.05, 4.69) is 5.32 Å². The van der Waals surface area contributed by atoms with Gasteiger partial charge in [-0.05, 0) is 30.8 Å². The zero-order valence-corrected chi connectivity index (χ0v) is 14.2. The number of sulfonamides is 1. The molecule has 0 saturated heterocycles. The van der Waals surface area contributed by atoms with Crippen LogP contribution in [-0.4, -0.2) is 26.8 Å². The number of thiophene rings is 1. The lowest BCUT2D eigenvalue weighted by molar-refractivity contribution is 0.468. The van der Waals surface area contributed by atoms with Gasteiger partial charge in [-0.2, -0.15) is 4.31 Å². The summed E-state index contributed by atoms with van der Waals surface area (Å²) in [5, 5.41) is 2.99. The molecule has 21 heavy (non-hydrogen) atoms. The first-order chi connectivity index (χ1) is 9.95. The first-order valence-electron chi connectivity index (χ1n) is 6.38. The van der Waals surface area contributed by atoms with E-state index in [-0.39, 0.29) is 0 Å². The van der Waals surface area contributed by atoms with E-state index < -0.39 is 10.0 Å². The molecule has 1 N–H and O–H groups in total. The molecule has 0 atom stereocenters. The van der Waals surface area contributed by atoms with Gasteiger partial charge in [-0.1, -0.05) is 29.8 Å². The van der Waals surface area contributed by atoms with E-state index in [9.17, 15) is 8.42 Å². The van der Waals surface area contributed by atoms with Crippen molar-refractivity contribution < 1.29 is 8.42 Å². The van der Waals surface area contributed by atoms with E-state index in [0.29, 0.717) is 22.3 Å². The first-order valence-corrected chi connectivity index (χ1v) is 9.01. The van der Waals surface area contributed by atoms with Crippen molar-refractivity contribution in [2.45, 2.75) is 18.0 Å². The largest absolute Gasteiger partial charge is 0.316 e. The van der Waals surface area contributed by atoms with E-state index in [1.807, 2.05) is 18.2 Å². The molecule has 1 aromatic heterocycles. The molecule has 1 aromatic carbocycles. The van der Waals surface area contributed by atoms with Crippen LogP contribution in [0.15, 0.2) is 41.3 Å². The zero-order chi connectivity index (χ0) is 15.5. The maximum absolute atomic E-state index is 12.7. The summed E-state index contributed by atoms with van der Waals surface area (Å²) in [4.78, 5) is 1.25. The van der Waals surface area contributed by atoms with Crippen molar-refractivity contribution in [2.24, 2.45) is 0 Å². The molecule has 0 bridgehead atoms. The number of halogens is 1. The van der Waals surface area contributed by atoms with Crippen molar-refractivity contribution in [1.82, 2.24) is 9.62 Å². The van der Waals surface area contributed by atoms with Crippen LogP contribution in [0.25, 0.3) is 0 Å². The Morgan fingerprint density at radius 2 is 1.95 bits per heavy atom. The van der Waals surface area contributed by atoms with Crippen molar-refractivity contribution in [3.05, 3.63) is 51.2 Å². The van der Waals surface area contributed by atoms with Crippen LogP contribution in [0.3, 0.4) is 0 Å². The van der Waals surface area contributed by atoms with Gasteiger partial charge in [0.1, 0.15) is 0 Å². The quantitative estimate of drug-likeness (QED) is 0.876. The van der Waals surface area contributed by atoms with Gasteiger partial charge in [0, 0.05) is 25.0 Å². The number of hydrogen-bond acceptors (Lipinski definition) is 4. The summed E-state index contributed by atoms with van der Waals surface area (Å²) in [6.07, 6.45) is 0. The highest BCUT2D eigenvalue weighted by atomic mass is 35.5. The third-order valence-corrected chi connectivity index (χ3v) is 6.16. The summed E-state index contributed by atoms with van der Waals surface area (Å²) in [5.74, 6) is 0. The molecule has 2 aromatic rings. The minimum Gasteiger partial charge on any atom is -0.316 e. The lowest BCUT2D eigenvalue weighted by atomic mass is 10.2. The smallest absolute Gasteiger partial charge is 0.243 e. The standard InChI is InChI=1S/C14H17ClN2O2S2/c1-16-9-11-5-3-4-6-13(11)21(18,19)17(2)10-12-7-8-14(15)20-12/h3-8,16H,9-10H2,1-2H3. The monoisotopic (exact) mass is 344 g/mol. The second kappa shape index (κ2) is 6.89. The fourth-order valence-corrected chi connectivity index (χ4v) is 4.59. The molecule has 0 fully saturated rings. The van der Waals surface area contributed by atoms with Crippen LogP contribution < -0.4 is 5.32 Å². The van der Waals surface area contributed by atoms with Crippen molar-refractivity contribution in [1.29, 1.82) is 0 Å². The summed E-state index contributed by atoms with van der Waals surface area (Å²) in [5.41, 5.74) is 0.760. The highest BCUT2D eigenvalue weighted by Gasteiger charge is 2.23. The van der Waals surface area contributed by atoms with E-state index in [0.717, 1.165) is 10.4 Å². The molecule has 0 radical (unpaired) electrons. The molecular weight excluding hydrogens is 328 g/mol. The van der Waals surface area contributed by atoms with Crippen molar-refractivity contribution in [2.75, 3.05) is 14.1 Å². The number of benzene rings is 1. The lowest BCUT2D eigenvalue weighted by Gasteiger charge is -2.18. The molecule has 0 aliphatic rings. The first kappa shape index (κ1) is 16.5. The van der Waals surface area contributed by atoms with Gasteiger partial charge in [-0.15, -0.1) is 11.3 Å². The average molecular weight is 345 g/mol. The molecule has 1 heterocycles. The molecule has 7 heteroatoms. The minimum absolute atomic E-state index is 0.313. The Hall–Kier alpha value is -0.920. The zero-order valence-electron chi connectivity index (χ0n) is 11.8. The average Bonchev–Trinajstić information content (AvgIpc) is 2.85. The minimum atomic E-state index is -3.52. The summed E-state index contributed by atoms with van der Waals surface area (Å²) in [7, 11) is -0.149. The Morgan fingerprint density at radius 1 is 1.24 bits per heavy atom. The molecule has 0 amide bonds. The number of hydrogen-bond donors (Lipinski definition) is 1. The number of rotatable bonds is 6. The van der Waals surface area contributed by atoms with E-state index >= 15 is 0 Å². The van der Waals surface area contributed by atoms with Crippen molar-refractivity contribution in [3.63, 3.8) is 0 Å². The predicted molar refractivity (Wildman–Crippen MR) is 87.2 cm³/mol. The van der Waals surface area contributed by atoms with E-state index in [1.54, 1.807) is 32.3 Å². The van der Waals surface area contributed by atoms with Crippen molar-refractivity contribution in [3.8, 4) is 0 Å². The van der Waals surface area contributed by atoms with Gasteiger partial charge in [-0.25, -0.2) is 8.42 Å². The summed E-state index contributed by atoms with van der Waals surface area (Å²) in [6, 6.07) is 10.7. The Labute approximate surface area is 134 Å². The SMILES string of the molecule is CNCc1ccccc1S(=O)(=O)N(C)Cc1ccc(Cl)s1. The molecule has 2 rings (SSSR count). The van der Waals surface area contributed by atoms with E-state index in [1.165, 1.54) is 15.6 Å². The van der Waals surface area contributed by atoms with Crippen LogP contribution in [0, 0.1) is 0 Å². The molecule has 0 saturated carbocycles. The van der Waals surface area contributed by atoms with Crippen molar-refractivity contribution >= 4 is 33.0 Å². The second-order valence-corrected chi connectivity index (χ2v) is 8.42. The van der Waals surface area contributed by atoms with Crippen LogP contribution in [-0.2, 0) is 23.1 Å². The third kappa shape index (κ3) is 3.84. The Kier molecular flexibility index (Phi) is 5.40. The highest BCUT2D eigenvalue weighted by Crippen LogP contribution is 2.25. The topological polar surface area (TPSA) is 49.4 Å². The van der Waals surface area contributed by atoms with Crippen LogP contribution in [0.1, 0.15) is 10.4 Å². The summed E-state index contributed by atoms with van der Waals surface area (Å²) in [6.45, 7) is 0.821. The third-order valence-electron chi connectivity index (χ3n) is 3.04. The molecule has 4 nitrogen and oxygen atoms in total. The van der Waals surface area contributed by atoms with Gasteiger partial charge in [0.15, 0.2) is 0 Å². The molecule has 114 valence electrons. The second-order valence-electron chi connectivity index (χ2n) is 4.60. The fraction of sp³-hybridized carbons (Fsp3) is 0.286. The molecule has 0 aliphatic heterocycles. The maximum atomic E-state index is 12.7. The Morgan fingerprint density at radius 3 is 2.57 bits per heavy atom. The number of nitrogens with one attached hydrogen (secondary N) is 1. The number of nitrogens with zero attached hydrogens (tertiary/aromatic N) is 1. The van der Waals surface area contributed by atoms with Crippen LogP contribution in [0.2, 0.25) is 4.34 Å². The molecular formula is C14H17ClN2O2S2. The normalized spacial score (nSPS) is 12.0. The van der Waals surface area contributed by atoms with Gasteiger partial charge >= 0.3 is 0 Å². The van der Waals surface area contributed by atoms with Gasteiger partial charge in [0.25, 0.3) is 0 Å². The van der Waals surface area contributed by atoms with Gasteiger partial charge in [-0.3, -0.25) is 0 Å². The highest BCUT2D eigenvalue weighted by molar-refractivity contribution is 7.89. The maximum Gasteiger partial charge on any atom is 0.243 e. The molecule has 0 unspecified atom stereocenters. The molecule has 0 spiro atoms.